The molecule has 0 saturated carbocycles. The van der Waals surface area contributed by atoms with E-state index in [9.17, 15) is 13.2 Å². The van der Waals surface area contributed by atoms with Crippen molar-refractivity contribution in [3.8, 4) is 0 Å². The third-order valence-electron chi connectivity index (χ3n) is 3.12. The Morgan fingerprint density at radius 1 is 1.45 bits per heavy atom. The van der Waals surface area contributed by atoms with Crippen molar-refractivity contribution in [3.05, 3.63) is 0 Å². The molecule has 1 heterocycles. The number of alkyl halides is 3. The molecule has 0 spiro atoms. The maximum Gasteiger partial charge on any atom is 0.411 e. The van der Waals surface area contributed by atoms with Crippen LogP contribution in [0.4, 0.5) is 13.2 Å². The summed E-state index contributed by atoms with van der Waals surface area (Å²) in [6.07, 6.45) is -2.59. The van der Waals surface area contributed by atoms with Gasteiger partial charge in [-0.15, -0.1) is 24.0 Å². The highest BCUT2D eigenvalue weighted by atomic mass is 127. The Bertz CT molecular complexity index is 332. The summed E-state index contributed by atoms with van der Waals surface area (Å²) >= 11 is 1.98. The molecule has 0 aromatic heterocycles. The Morgan fingerprint density at radius 3 is 2.77 bits per heavy atom. The second-order valence-electron chi connectivity index (χ2n) is 4.84. The molecule has 1 unspecified atom stereocenters. The van der Waals surface area contributed by atoms with Crippen molar-refractivity contribution in [1.29, 1.82) is 0 Å². The highest BCUT2D eigenvalue weighted by Crippen LogP contribution is 2.21. The summed E-state index contributed by atoms with van der Waals surface area (Å²) in [7, 11) is 1.73. The summed E-state index contributed by atoms with van der Waals surface area (Å²) < 4.78 is 40.2. The third-order valence-corrected chi connectivity index (χ3v) is 4.49. The van der Waals surface area contributed by atoms with Gasteiger partial charge in [0.1, 0.15) is 6.61 Å². The summed E-state index contributed by atoms with van der Waals surface area (Å²) in [6, 6.07) is 0. The summed E-state index contributed by atoms with van der Waals surface area (Å²) in [5.74, 6) is 1.90. The van der Waals surface area contributed by atoms with Crippen molar-refractivity contribution in [2.24, 2.45) is 4.99 Å². The first-order valence-electron chi connectivity index (χ1n) is 7.18. The van der Waals surface area contributed by atoms with Crippen LogP contribution < -0.4 is 5.32 Å². The van der Waals surface area contributed by atoms with E-state index in [1.165, 1.54) is 0 Å². The van der Waals surface area contributed by atoms with Crippen molar-refractivity contribution in [2.45, 2.75) is 31.2 Å². The van der Waals surface area contributed by atoms with Gasteiger partial charge < -0.3 is 15.0 Å². The zero-order chi connectivity index (χ0) is 15.7. The van der Waals surface area contributed by atoms with Crippen LogP contribution in [0.15, 0.2) is 4.99 Å². The number of halogens is 4. The van der Waals surface area contributed by atoms with Gasteiger partial charge in [-0.3, -0.25) is 4.99 Å². The van der Waals surface area contributed by atoms with Crippen LogP contribution in [0.3, 0.4) is 0 Å². The number of nitrogens with one attached hydrogen (secondary N) is 1. The van der Waals surface area contributed by atoms with E-state index in [1.807, 2.05) is 11.8 Å². The molecule has 1 atom stereocenters. The molecule has 0 aromatic rings. The quantitative estimate of drug-likeness (QED) is 0.289. The molecule has 132 valence electrons. The van der Waals surface area contributed by atoms with Crippen LogP contribution in [0.25, 0.3) is 0 Å². The molecular weight excluding hydrogens is 430 g/mol. The van der Waals surface area contributed by atoms with Crippen molar-refractivity contribution < 1.29 is 17.9 Å². The van der Waals surface area contributed by atoms with Crippen LogP contribution >= 0.6 is 35.7 Å². The van der Waals surface area contributed by atoms with Gasteiger partial charge in [0.2, 0.25) is 0 Å². The van der Waals surface area contributed by atoms with Crippen molar-refractivity contribution in [2.75, 3.05) is 45.6 Å². The highest BCUT2D eigenvalue weighted by molar-refractivity contribution is 14.0. The predicted molar refractivity (Wildman–Crippen MR) is 96.4 cm³/mol. The van der Waals surface area contributed by atoms with Crippen LogP contribution in [0.2, 0.25) is 0 Å². The molecule has 1 rings (SSSR count). The first-order valence-corrected chi connectivity index (χ1v) is 8.23. The van der Waals surface area contributed by atoms with Crippen LogP contribution in [0.5, 0.6) is 0 Å². The lowest BCUT2D eigenvalue weighted by Crippen LogP contribution is -2.48. The van der Waals surface area contributed by atoms with E-state index in [2.05, 4.69) is 26.9 Å². The summed E-state index contributed by atoms with van der Waals surface area (Å²) in [4.78, 5) is 6.45. The number of guanidine groups is 1. The SMILES string of the molecule is CCC1CN(C(=NC)NCCCOCC(F)(F)F)CCS1.I. The van der Waals surface area contributed by atoms with Gasteiger partial charge in [-0.1, -0.05) is 6.92 Å². The largest absolute Gasteiger partial charge is 0.411 e. The normalized spacial score (nSPS) is 19.8. The average molecular weight is 455 g/mol. The lowest BCUT2D eigenvalue weighted by Gasteiger charge is -2.34. The minimum absolute atomic E-state index is 0. The van der Waals surface area contributed by atoms with Crippen molar-refractivity contribution in [1.82, 2.24) is 10.2 Å². The van der Waals surface area contributed by atoms with Gasteiger partial charge in [0.05, 0.1) is 0 Å². The van der Waals surface area contributed by atoms with Crippen LogP contribution in [-0.2, 0) is 4.74 Å². The Balaban J connectivity index is 0.00000441. The smallest absolute Gasteiger partial charge is 0.372 e. The molecule has 0 aromatic carbocycles. The van der Waals surface area contributed by atoms with E-state index in [4.69, 9.17) is 0 Å². The van der Waals surface area contributed by atoms with Gasteiger partial charge in [0.25, 0.3) is 0 Å². The van der Waals surface area contributed by atoms with Gasteiger partial charge in [-0.05, 0) is 12.8 Å². The van der Waals surface area contributed by atoms with Gasteiger partial charge in [0, 0.05) is 44.3 Å². The van der Waals surface area contributed by atoms with E-state index in [0.29, 0.717) is 18.2 Å². The number of hydrogen-bond donors (Lipinski definition) is 1. The molecule has 9 heteroatoms. The van der Waals surface area contributed by atoms with Crippen molar-refractivity contribution in [3.63, 3.8) is 0 Å². The number of nitrogens with zero attached hydrogens (tertiary/aromatic N) is 2. The molecule has 1 N–H and O–H groups in total. The molecule has 0 amide bonds. The average Bonchev–Trinajstić information content (AvgIpc) is 2.45. The monoisotopic (exact) mass is 455 g/mol. The summed E-state index contributed by atoms with van der Waals surface area (Å²) in [6.45, 7) is 3.57. The molecule has 1 fully saturated rings. The lowest BCUT2D eigenvalue weighted by atomic mass is 10.3. The number of hydrogen-bond acceptors (Lipinski definition) is 3. The highest BCUT2D eigenvalue weighted by Gasteiger charge is 2.27. The molecule has 0 bridgehead atoms. The van der Waals surface area contributed by atoms with Gasteiger partial charge >= 0.3 is 6.18 Å². The number of ether oxygens (including phenoxy) is 1. The van der Waals surface area contributed by atoms with Gasteiger partial charge in [0.15, 0.2) is 5.96 Å². The third kappa shape index (κ3) is 9.29. The zero-order valence-corrected chi connectivity index (χ0v) is 16.1. The van der Waals surface area contributed by atoms with Gasteiger partial charge in [-0.2, -0.15) is 24.9 Å². The first-order chi connectivity index (χ1) is 9.96. The molecule has 0 radical (unpaired) electrons. The first kappa shape index (κ1) is 22.1. The minimum Gasteiger partial charge on any atom is -0.372 e. The van der Waals surface area contributed by atoms with Crippen LogP contribution in [-0.4, -0.2) is 67.9 Å². The standard InChI is InChI=1S/C13H24F3N3OS.HI/c1-3-11-9-19(6-8-21-11)12(17-2)18-5-4-7-20-10-13(14,15)16;/h11H,3-10H2,1-2H3,(H,17,18);1H. The fourth-order valence-corrected chi connectivity index (χ4v) is 3.23. The fraction of sp³-hybridized carbons (Fsp3) is 0.923. The lowest BCUT2D eigenvalue weighted by molar-refractivity contribution is -0.173. The molecule has 0 aliphatic carbocycles. The molecule has 1 aliphatic heterocycles. The van der Waals surface area contributed by atoms with E-state index < -0.39 is 12.8 Å². The van der Waals surface area contributed by atoms with Gasteiger partial charge in [-0.25, -0.2) is 0 Å². The number of thioether (sulfide) groups is 1. The number of rotatable bonds is 6. The van der Waals surface area contributed by atoms with Crippen LogP contribution in [0.1, 0.15) is 19.8 Å². The minimum atomic E-state index is -4.25. The fourth-order valence-electron chi connectivity index (χ4n) is 2.05. The Morgan fingerprint density at radius 2 is 2.18 bits per heavy atom. The van der Waals surface area contributed by atoms with E-state index in [0.717, 1.165) is 31.2 Å². The topological polar surface area (TPSA) is 36.9 Å². The molecule has 4 nitrogen and oxygen atoms in total. The van der Waals surface area contributed by atoms with E-state index in [1.54, 1.807) is 7.05 Å². The molecule has 1 aliphatic rings. The summed E-state index contributed by atoms with van der Waals surface area (Å²) in [5.41, 5.74) is 0. The molecular formula is C13H25F3IN3OS. The maximum atomic E-state index is 11.9. The summed E-state index contributed by atoms with van der Waals surface area (Å²) in [5, 5.41) is 3.80. The predicted octanol–water partition coefficient (Wildman–Crippen LogP) is 2.98. The number of aliphatic imine (C=N–C) groups is 1. The second kappa shape index (κ2) is 11.6. The van der Waals surface area contributed by atoms with Crippen LogP contribution in [0, 0.1) is 0 Å². The van der Waals surface area contributed by atoms with Crippen molar-refractivity contribution >= 4 is 41.7 Å². The molecule has 22 heavy (non-hydrogen) atoms. The Hall–Kier alpha value is 0.1000. The van der Waals surface area contributed by atoms with E-state index in [-0.39, 0.29) is 30.6 Å². The second-order valence-corrected chi connectivity index (χ2v) is 6.25. The van der Waals surface area contributed by atoms with E-state index >= 15 is 0 Å². The zero-order valence-electron chi connectivity index (χ0n) is 13.0. The molecule has 1 saturated heterocycles. The Kier molecular flexibility index (Phi) is 11.7. The Labute approximate surface area is 151 Å². The maximum absolute atomic E-state index is 11.9.